The fraction of sp³-hybridized carbons (Fsp3) is 0.533. The van der Waals surface area contributed by atoms with Crippen LogP contribution in [0.3, 0.4) is 0 Å². The van der Waals surface area contributed by atoms with Gasteiger partial charge in [-0.05, 0) is 69.9 Å². The van der Waals surface area contributed by atoms with Crippen LogP contribution in [0.5, 0.6) is 6.01 Å². The number of rotatable bonds is 15. The number of hydrogen-bond acceptors (Lipinski definition) is 11. The highest BCUT2D eigenvalue weighted by molar-refractivity contribution is 9.10. The summed E-state index contributed by atoms with van der Waals surface area (Å²) < 4.78 is 45.5. The van der Waals surface area contributed by atoms with E-state index in [9.17, 15) is 8.42 Å². The molecule has 0 aromatic carbocycles. The Morgan fingerprint density at radius 3 is 1.64 bits per heavy atom. The van der Waals surface area contributed by atoms with Crippen LogP contribution < -0.4 is 4.74 Å². The molecule has 0 bridgehead atoms. The molecule has 0 aliphatic carbocycles. The van der Waals surface area contributed by atoms with E-state index in [1.807, 2.05) is 13.8 Å². The number of nitrogens with zero attached hydrogens (tertiary/aromatic N) is 8. The van der Waals surface area contributed by atoms with Crippen molar-refractivity contribution in [2.45, 2.75) is 89.9 Å². The zero-order valence-corrected chi connectivity index (χ0v) is 37.2. The van der Waals surface area contributed by atoms with Crippen LogP contribution >= 0.6 is 55.1 Å². The third kappa shape index (κ3) is 14.0. The lowest BCUT2D eigenvalue weighted by atomic mass is 10.3. The SMILES string of the molecule is CC(C)Oc1nc(-c2ncc(Br)cc2Cl)nn1COCC[Si](C)(C)C.C[Si](C)(C)CCOCn1nc(-c2ncc(Br)cc2Cl)nc1S(C)(=O)=O. The minimum absolute atomic E-state index is 0.00797. The summed E-state index contributed by atoms with van der Waals surface area (Å²) in [7, 11) is -5.92. The molecule has 4 heterocycles. The number of ether oxygens (including phenoxy) is 3. The Morgan fingerprint density at radius 1 is 0.780 bits per heavy atom. The van der Waals surface area contributed by atoms with Crippen LogP contribution in [0.1, 0.15) is 13.8 Å². The van der Waals surface area contributed by atoms with Gasteiger partial charge in [-0.3, -0.25) is 9.97 Å². The summed E-state index contributed by atoms with van der Waals surface area (Å²) in [4.78, 5) is 17.0. The van der Waals surface area contributed by atoms with E-state index >= 15 is 0 Å². The van der Waals surface area contributed by atoms with Crippen LogP contribution in [0.25, 0.3) is 23.0 Å². The van der Waals surface area contributed by atoms with Gasteiger partial charge in [-0.1, -0.05) is 62.5 Å². The molecule has 0 saturated carbocycles. The summed E-state index contributed by atoms with van der Waals surface area (Å²) in [5, 5.41) is 9.31. The van der Waals surface area contributed by atoms with E-state index in [1.54, 1.807) is 29.2 Å². The average Bonchev–Trinajstić information content (AvgIpc) is 3.57. The number of pyridine rings is 2. The molecule has 4 aromatic rings. The van der Waals surface area contributed by atoms with Crippen LogP contribution in [0.4, 0.5) is 0 Å². The van der Waals surface area contributed by atoms with Gasteiger partial charge in [0.05, 0.1) is 16.1 Å². The van der Waals surface area contributed by atoms with Gasteiger partial charge in [-0.2, -0.15) is 14.6 Å². The van der Waals surface area contributed by atoms with Crippen molar-refractivity contribution in [3.63, 3.8) is 0 Å². The van der Waals surface area contributed by atoms with Crippen LogP contribution in [-0.2, 0) is 32.8 Å². The van der Waals surface area contributed by atoms with Crippen molar-refractivity contribution in [3.05, 3.63) is 43.5 Å². The third-order valence-electron chi connectivity index (χ3n) is 6.41. The normalized spacial score (nSPS) is 12.3. The monoisotopic (exact) mass is 912 g/mol. The molecule has 13 nitrogen and oxygen atoms in total. The highest BCUT2D eigenvalue weighted by Crippen LogP contribution is 2.28. The molecule has 0 radical (unpaired) electrons. The van der Waals surface area contributed by atoms with E-state index in [-0.39, 0.29) is 30.5 Å². The predicted molar refractivity (Wildman–Crippen MR) is 209 cm³/mol. The highest BCUT2D eigenvalue weighted by Gasteiger charge is 2.23. The molecule has 0 aliphatic heterocycles. The molecule has 4 aromatic heterocycles. The second-order valence-electron chi connectivity index (χ2n) is 14.0. The molecule has 20 heteroatoms. The molecular formula is C30H44Br2Cl2N8O5SSi2. The van der Waals surface area contributed by atoms with E-state index in [0.717, 1.165) is 22.8 Å². The third-order valence-corrected chi connectivity index (χ3v) is 12.2. The second-order valence-corrected chi connectivity index (χ2v) is 29.8. The Hall–Kier alpha value is -1.78. The van der Waals surface area contributed by atoms with E-state index in [1.165, 1.54) is 4.68 Å². The summed E-state index contributed by atoms with van der Waals surface area (Å²) in [5.41, 5.74) is 0.829. The first-order valence-corrected chi connectivity index (χ1v) is 27.3. The van der Waals surface area contributed by atoms with Crippen molar-refractivity contribution in [2.24, 2.45) is 0 Å². The van der Waals surface area contributed by atoms with E-state index in [4.69, 9.17) is 37.4 Å². The number of halogens is 4. The van der Waals surface area contributed by atoms with Crippen LogP contribution in [0, 0.1) is 0 Å². The average molecular weight is 916 g/mol. The van der Waals surface area contributed by atoms with E-state index < -0.39 is 26.0 Å². The molecule has 276 valence electrons. The summed E-state index contributed by atoms with van der Waals surface area (Å²) in [6.07, 6.45) is 4.27. The Labute approximate surface area is 323 Å². The maximum Gasteiger partial charge on any atom is 0.317 e. The Kier molecular flexibility index (Phi) is 15.6. The van der Waals surface area contributed by atoms with Gasteiger partial charge in [-0.25, -0.2) is 13.1 Å². The minimum atomic E-state index is -3.57. The fourth-order valence-corrected chi connectivity index (χ4v) is 7.48. The maximum atomic E-state index is 12.0. The van der Waals surface area contributed by atoms with Crippen LogP contribution in [0.2, 0.25) is 61.4 Å². The first kappa shape index (κ1) is 42.6. The van der Waals surface area contributed by atoms with Crippen LogP contribution in [-0.4, -0.2) is 89.6 Å². The van der Waals surface area contributed by atoms with Crippen LogP contribution in [0.15, 0.2) is 38.6 Å². The number of sulfone groups is 1. The van der Waals surface area contributed by atoms with Gasteiger partial charge in [0, 0.05) is 57.0 Å². The van der Waals surface area contributed by atoms with Gasteiger partial charge in [0.25, 0.3) is 0 Å². The molecule has 0 atom stereocenters. The van der Waals surface area contributed by atoms with Gasteiger partial charge in [0.1, 0.15) is 24.8 Å². The first-order valence-electron chi connectivity index (χ1n) is 15.7. The van der Waals surface area contributed by atoms with E-state index in [2.05, 4.69) is 101 Å². The number of aromatic nitrogens is 8. The van der Waals surface area contributed by atoms with Crippen molar-refractivity contribution in [1.82, 2.24) is 39.5 Å². The largest absolute Gasteiger partial charge is 0.461 e. The lowest BCUT2D eigenvalue weighted by Gasteiger charge is -2.15. The zero-order valence-electron chi connectivity index (χ0n) is 29.7. The summed E-state index contributed by atoms with van der Waals surface area (Å²) in [5.74, 6) is 0.564. The molecule has 0 unspecified atom stereocenters. The van der Waals surface area contributed by atoms with Crippen molar-refractivity contribution >= 4 is 81.0 Å². The first-order chi connectivity index (χ1) is 23.1. The Morgan fingerprint density at radius 2 is 1.22 bits per heavy atom. The Balaban J connectivity index is 0.000000270. The van der Waals surface area contributed by atoms with Gasteiger partial charge in [0.15, 0.2) is 0 Å². The lowest BCUT2D eigenvalue weighted by Crippen LogP contribution is -2.22. The van der Waals surface area contributed by atoms with Gasteiger partial charge < -0.3 is 14.2 Å². The maximum absolute atomic E-state index is 12.0. The molecule has 0 amide bonds. The fourth-order valence-electron chi connectivity index (χ4n) is 3.81. The van der Waals surface area contributed by atoms with E-state index in [0.29, 0.717) is 51.0 Å². The standard InChI is InChI=1S/C16H24BrClN4O2Si.C14H20BrClN4O3SSi/c1-11(2)24-16-20-15(14-13(18)8-12(17)9-19-14)21-22(16)10-23-6-7-25(3,4)5;1-24(21,22)14-18-13(12-11(16)7-10(15)8-17-12)19-20(14)9-23-5-6-25(2,3)4/h8-9,11H,6-7,10H2,1-5H3;7-8H,5-6,9H2,1-4H3. The summed E-state index contributed by atoms with van der Waals surface area (Å²) >= 11 is 19.0. The zero-order chi connectivity index (χ0) is 37.4. The highest BCUT2D eigenvalue weighted by atomic mass is 79.9. The smallest absolute Gasteiger partial charge is 0.317 e. The number of hydrogen-bond donors (Lipinski definition) is 0. The predicted octanol–water partition coefficient (Wildman–Crippen LogP) is 8.33. The quantitative estimate of drug-likeness (QED) is 0.0837. The van der Waals surface area contributed by atoms with Crippen molar-refractivity contribution < 1.29 is 22.6 Å². The molecule has 0 N–H and O–H groups in total. The Bertz CT molecular complexity index is 1850. The summed E-state index contributed by atoms with van der Waals surface area (Å²) in [6.45, 7) is 19.1. The van der Waals surface area contributed by atoms with Gasteiger partial charge >= 0.3 is 6.01 Å². The minimum Gasteiger partial charge on any atom is -0.461 e. The molecule has 50 heavy (non-hydrogen) atoms. The lowest BCUT2D eigenvalue weighted by molar-refractivity contribution is 0.0659. The van der Waals surface area contributed by atoms with Crippen molar-refractivity contribution in [3.8, 4) is 29.0 Å². The van der Waals surface area contributed by atoms with Crippen molar-refractivity contribution in [2.75, 3.05) is 19.5 Å². The topological polar surface area (TPSA) is 149 Å². The van der Waals surface area contributed by atoms with Crippen molar-refractivity contribution in [1.29, 1.82) is 0 Å². The molecule has 0 spiro atoms. The molecule has 0 saturated heterocycles. The molecule has 0 fully saturated rings. The van der Waals surface area contributed by atoms with Gasteiger partial charge in [0.2, 0.25) is 26.6 Å². The molecule has 0 aliphatic rings. The molecule has 4 rings (SSSR count). The second kappa shape index (κ2) is 18.3. The van der Waals surface area contributed by atoms with Gasteiger partial charge in [-0.15, -0.1) is 10.2 Å². The molecular weight excluding hydrogens is 871 g/mol. The summed E-state index contributed by atoms with van der Waals surface area (Å²) in [6, 6.07) is 5.88.